The fraction of sp³-hybridized carbons (Fsp3) is 0.0303. The summed E-state index contributed by atoms with van der Waals surface area (Å²) in [6.45, 7) is 0. The minimum Gasteiger partial charge on any atom is -0.461 e. The minimum atomic E-state index is -3.55. The highest BCUT2D eigenvalue weighted by molar-refractivity contribution is 7.92. The van der Waals surface area contributed by atoms with Gasteiger partial charge in [-0.3, -0.25) is 0 Å². The molecule has 5 nitrogen and oxygen atoms in total. The lowest BCUT2D eigenvalue weighted by Crippen LogP contribution is -2.35. The summed E-state index contributed by atoms with van der Waals surface area (Å²) >= 11 is 0. The van der Waals surface area contributed by atoms with Gasteiger partial charge in [-0.05, 0) is 59.7 Å². The van der Waals surface area contributed by atoms with Crippen LogP contribution in [0.2, 0.25) is 0 Å². The fourth-order valence-electron chi connectivity index (χ4n) is 6.95. The van der Waals surface area contributed by atoms with Gasteiger partial charge < -0.3 is 13.7 Å². The number of hydrogen-bond acceptors (Lipinski definition) is 5. The number of nitrogens with zero attached hydrogens (tertiary/aromatic N) is 1. The molecule has 0 N–H and O–H groups in total. The molecule has 2 aliphatic heterocycles. The molecule has 0 unspecified atom stereocenters. The Morgan fingerprint density at radius 1 is 0.564 bits per heavy atom. The lowest BCUT2D eigenvalue weighted by molar-refractivity contribution is 0.525. The summed E-state index contributed by atoms with van der Waals surface area (Å²) in [5, 5.41) is 0. The molecule has 186 valence electrons. The monoisotopic (exact) mass is 525 g/mol. The van der Waals surface area contributed by atoms with Crippen molar-refractivity contribution >= 4 is 26.9 Å². The Bertz CT molecular complexity index is 2030. The normalized spacial score (nSPS) is 16.3. The van der Waals surface area contributed by atoms with Crippen LogP contribution in [0.15, 0.2) is 134 Å². The molecule has 9 rings (SSSR count). The van der Waals surface area contributed by atoms with Gasteiger partial charge in [0.15, 0.2) is 11.5 Å². The van der Waals surface area contributed by atoms with E-state index in [9.17, 15) is 8.42 Å². The van der Waals surface area contributed by atoms with Crippen LogP contribution in [0.1, 0.15) is 22.3 Å². The number of anilines is 3. The predicted octanol–water partition coefficient (Wildman–Crippen LogP) is 7.83. The zero-order valence-electron chi connectivity index (χ0n) is 20.5. The van der Waals surface area contributed by atoms with Gasteiger partial charge in [-0.2, -0.15) is 0 Å². The van der Waals surface area contributed by atoms with E-state index in [0.717, 1.165) is 62.0 Å². The molecule has 1 spiro atoms. The molecule has 1 aliphatic carbocycles. The molecule has 3 aliphatic rings. The van der Waals surface area contributed by atoms with Crippen LogP contribution in [0.4, 0.5) is 17.1 Å². The first-order valence-electron chi connectivity index (χ1n) is 12.8. The quantitative estimate of drug-likeness (QED) is 0.219. The van der Waals surface area contributed by atoms with Gasteiger partial charge in [0.05, 0.1) is 39.1 Å². The maximum absolute atomic E-state index is 13.3. The minimum absolute atomic E-state index is 0.351. The van der Waals surface area contributed by atoms with E-state index in [-0.39, 0.29) is 0 Å². The van der Waals surface area contributed by atoms with Crippen LogP contribution >= 0.6 is 0 Å². The summed E-state index contributed by atoms with van der Waals surface area (Å²) in [6.07, 6.45) is 3.46. The van der Waals surface area contributed by atoms with E-state index >= 15 is 0 Å². The van der Waals surface area contributed by atoms with E-state index in [1.54, 1.807) is 30.7 Å². The van der Waals surface area contributed by atoms with Crippen LogP contribution in [-0.2, 0) is 15.3 Å². The second-order valence-corrected chi connectivity index (χ2v) is 12.0. The van der Waals surface area contributed by atoms with E-state index in [4.69, 9.17) is 8.83 Å². The smallest absolute Gasteiger partial charge is 0.207 e. The Hall–Kier alpha value is -4.81. The largest absolute Gasteiger partial charge is 0.461 e. The van der Waals surface area contributed by atoms with Gasteiger partial charge in [0.25, 0.3) is 0 Å². The average molecular weight is 526 g/mol. The van der Waals surface area contributed by atoms with E-state index in [2.05, 4.69) is 41.3 Å². The van der Waals surface area contributed by atoms with Gasteiger partial charge in [-0.15, -0.1) is 0 Å². The van der Waals surface area contributed by atoms with Crippen molar-refractivity contribution in [3.05, 3.63) is 138 Å². The highest BCUT2D eigenvalue weighted by Gasteiger charge is 2.54. The first-order valence-corrected chi connectivity index (χ1v) is 14.2. The number of sulfone groups is 1. The Morgan fingerprint density at radius 2 is 1.13 bits per heavy atom. The van der Waals surface area contributed by atoms with E-state index in [0.29, 0.717) is 9.79 Å². The zero-order valence-corrected chi connectivity index (χ0v) is 21.3. The van der Waals surface area contributed by atoms with Crippen molar-refractivity contribution in [3.63, 3.8) is 0 Å². The summed E-state index contributed by atoms with van der Waals surface area (Å²) in [6, 6.07) is 33.8. The van der Waals surface area contributed by atoms with Gasteiger partial charge in [-0.1, -0.05) is 54.6 Å². The molecule has 2 aromatic heterocycles. The molecule has 0 radical (unpaired) electrons. The molecule has 4 heterocycles. The van der Waals surface area contributed by atoms with Gasteiger partial charge >= 0.3 is 0 Å². The number of benzene rings is 4. The highest BCUT2D eigenvalue weighted by atomic mass is 32.2. The number of hydrogen-bond donors (Lipinski definition) is 0. The van der Waals surface area contributed by atoms with Crippen LogP contribution < -0.4 is 4.90 Å². The molecule has 6 aromatic rings. The third-order valence-corrected chi connectivity index (χ3v) is 10.3. The van der Waals surface area contributed by atoms with E-state index in [1.807, 2.05) is 48.5 Å². The molecule has 0 atom stereocenters. The second kappa shape index (κ2) is 6.98. The first kappa shape index (κ1) is 21.2. The molecule has 4 aromatic carbocycles. The third-order valence-electron chi connectivity index (χ3n) is 8.42. The van der Waals surface area contributed by atoms with Crippen LogP contribution in [0, 0.1) is 0 Å². The summed E-state index contributed by atoms with van der Waals surface area (Å²) in [5.74, 6) is 1.51. The molecule has 0 bridgehead atoms. The molecular formula is C33H19NO4S. The lowest BCUT2D eigenvalue weighted by Gasteiger charge is -2.44. The molecule has 0 amide bonds. The maximum Gasteiger partial charge on any atom is 0.207 e. The maximum atomic E-state index is 13.3. The average Bonchev–Trinajstić information content (AvgIpc) is 3.73. The Kier molecular flexibility index (Phi) is 3.79. The number of para-hydroxylation sites is 2. The fourth-order valence-corrected chi connectivity index (χ4v) is 8.62. The van der Waals surface area contributed by atoms with Gasteiger partial charge in [0.2, 0.25) is 9.84 Å². The van der Waals surface area contributed by atoms with Gasteiger partial charge in [-0.25, -0.2) is 8.42 Å². The van der Waals surface area contributed by atoms with Crippen LogP contribution in [0.5, 0.6) is 0 Å². The molecule has 0 saturated heterocycles. The Morgan fingerprint density at radius 3 is 1.79 bits per heavy atom. The Balaban J connectivity index is 1.36. The SMILES string of the molecule is O=S1(=O)c2ccccc2-c2cc(N3c4ccccc4C4(c5ccccc53)c3ccoc3-c3occc34)ccc21. The van der Waals surface area contributed by atoms with Crippen molar-refractivity contribution < 1.29 is 17.3 Å². The molecule has 6 heteroatoms. The van der Waals surface area contributed by atoms with E-state index in [1.165, 1.54) is 0 Å². The van der Waals surface area contributed by atoms with Crippen molar-refractivity contribution in [2.75, 3.05) is 4.90 Å². The summed E-state index contributed by atoms with van der Waals surface area (Å²) in [7, 11) is -3.55. The number of rotatable bonds is 1. The van der Waals surface area contributed by atoms with Gasteiger partial charge in [0, 0.05) is 27.9 Å². The van der Waals surface area contributed by atoms with Crippen LogP contribution in [0.3, 0.4) is 0 Å². The van der Waals surface area contributed by atoms with Crippen molar-refractivity contribution in [2.24, 2.45) is 0 Å². The highest BCUT2D eigenvalue weighted by Crippen LogP contribution is 2.64. The van der Waals surface area contributed by atoms with Crippen LogP contribution in [-0.4, -0.2) is 8.42 Å². The lowest BCUT2D eigenvalue weighted by atomic mass is 9.65. The van der Waals surface area contributed by atoms with Crippen molar-refractivity contribution in [1.82, 2.24) is 0 Å². The summed E-state index contributed by atoms with van der Waals surface area (Å²) in [5.41, 5.74) is 8.16. The zero-order chi connectivity index (χ0) is 25.9. The number of fused-ring (bicyclic) bond motifs is 12. The topological polar surface area (TPSA) is 63.7 Å². The third kappa shape index (κ3) is 2.35. The van der Waals surface area contributed by atoms with Gasteiger partial charge in [0.1, 0.15) is 0 Å². The number of furan rings is 2. The summed E-state index contributed by atoms with van der Waals surface area (Å²) in [4.78, 5) is 2.95. The van der Waals surface area contributed by atoms with Crippen LogP contribution in [0.25, 0.3) is 22.6 Å². The first-order chi connectivity index (χ1) is 19.1. The van der Waals surface area contributed by atoms with Crippen molar-refractivity contribution in [1.29, 1.82) is 0 Å². The van der Waals surface area contributed by atoms with Crippen molar-refractivity contribution in [2.45, 2.75) is 15.2 Å². The Labute approximate surface area is 224 Å². The van der Waals surface area contributed by atoms with Crippen molar-refractivity contribution in [3.8, 4) is 22.6 Å². The molecule has 0 fully saturated rings. The molecule has 0 saturated carbocycles. The molecular weight excluding hydrogens is 506 g/mol. The van der Waals surface area contributed by atoms with E-state index < -0.39 is 15.3 Å². The summed E-state index contributed by atoms with van der Waals surface area (Å²) < 4.78 is 38.5. The second-order valence-electron chi connectivity index (χ2n) is 10.1. The predicted molar refractivity (Wildman–Crippen MR) is 147 cm³/mol. The molecule has 39 heavy (non-hydrogen) atoms. The standard InChI is InChI=1S/C33H19NO4S/c35-39(36)29-12-6-1-7-21(29)22-19-20(13-14-30(22)39)34-27-10-4-2-8-23(27)33(24-9-3-5-11-28(24)34)25-15-17-37-31(25)32-26(33)16-18-38-32/h1-19H.